The third kappa shape index (κ3) is 7.24. The van der Waals surface area contributed by atoms with E-state index in [0.29, 0.717) is 30.2 Å². The van der Waals surface area contributed by atoms with E-state index in [1.807, 2.05) is 12.1 Å². The Hall–Kier alpha value is -3.01. The van der Waals surface area contributed by atoms with Gasteiger partial charge >= 0.3 is 0 Å². The number of carbonyl (C=O) groups excluding carboxylic acids is 2. The fraction of sp³-hybridized carbons (Fsp3) is 0.500. The number of carbonyl (C=O) groups is 2. The first-order valence-corrected chi connectivity index (χ1v) is 11.8. The van der Waals surface area contributed by atoms with E-state index in [9.17, 15) is 9.59 Å². The molecule has 1 N–H and O–H groups in total. The van der Waals surface area contributed by atoms with E-state index in [2.05, 4.69) is 29.0 Å². The summed E-state index contributed by atoms with van der Waals surface area (Å²) < 4.78 is 16.9. The lowest BCUT2D eigenvalue weighted by Crippen LogP contribution is -2.46. The van der Waals surface area contributed by atoms with Gasteiger partial charge in [0.2, 0.25) is 5.91 Å². The third-order valence-corrected chi connectivity index (χ3v) is 6.27. The monoisotopic (exact) mass is 484 g/mol. The molecule has 190 valence electrons. The summed E-state index contributed by atoms with van der Waals surface area (Å²) in [5, 5.41) is 2.77. The number of nitrogens with zero attached hydrogens (tertiary/aromatic N) is 3. The summed E-state index contributed by atoms with van der Waals surface area (Å²) in [6, 6.07) is 9.15. The van der Waals surface area contributed by atoms with Crippen molar-refractivity contribution >= 4 is 17.5 Å². The number of benzene rings is 1. The maximum absolute atomic E-state index is 13.3. The first-order valence-electron chi connectivity index (χ1n) is 11.8. The maximum atomic E-state index is 13.3. The van der Waals surface area contributed by atoms with Gasteiger partial charge in [-0.15, -0.1) is 0 Å². The number of pyridine rings is 1. The maximum Gasteiger partial charge on any atom is 0.257 e. The number of aromatic nitrogens is 1. The van der Waals surface area contributed by atoms with Crippen LogP contribution in [-0.2, 0) is 20.8 Å². The minimum Gasteiger partial charge on any atom is -0.491 e. The van der Waals surface area contributed by atoms with Gasteiger partial charge in [-0.2, -0.15) is 0 Å². The molecule has 0 bridgehead atoms. The van der Waals surface area contributed by atoms with Crippen LogP contribution in [0.5, 0.6) is 5.75 Å². The second-order valence-corrected chi connectivity index (χ2v) is 9.07. The largest absolute Gasteiger partial charge is 0.491 e. The fourth-order valence-corrected chi connectivity index (χ4v) is 4.20. The predicted molar refractivity (Wildman–Crippen MR) is 133 cm³/mol. The molecule has 9 nitrogen and oxygen atoms in total. The normalized spacial score (nSPS) is 21.9. The number of methoxy groups -OCH3 is 2. The Bertz CT molecular complexity index is 987. The Balaban J connectivity index is 1.92. The van der Waals surface area contributed by atoms with Crippen molar-refractivity contribution in [3.8, 4) is 5.75 Å². The van der Waals surface area contributed by atoms with Crippen LogP contribution in [0.3, 0.4) is 0 Å². The Kier molecular flexibility index (Phi) is 9.59. The van der Waals surface area contributed by atoms with Gasteiger partial charge in [0.1, 0.15) is 19.0 Å². The molecule has 1 aliphatic rings. The van der Waals surface area contributed by atoms with E-state index in [1.165, 1.54) is 7.11 Å². The van der Waals surface area contributed by atoms with Crippen molar-refractivity contribution < 1.29 is 23.8 Å². The van der Waals surface area contributed by atoms with Gasteiger partial charge in [-0.1, -0.05) is 6.92 Å². The number of likely N-dealkylation sites (N-methyl/N-ethyl adjacent to an activating group) is 1. The highest BCUT2D eigenvalue weighted by molar-refractivity contribution is 5.98. The van der Waals surface area contributed by atoms with Crippen LogP contribution in [0.1, 0.15) is 29.8 Å². The number of hydrogen-bond acceptors (Lipinski definition) is 7. The van der Waals surface area contributed by atoms with Gasteiger partial charge in [0.15, 0.2) is 0 Å². The van der Waals surface area contributed by atoms with Crippen LogP contribution in [0, 0.1) is 5.92 Å². The summed E-state index contributed by atoms with van der Waals surface area (Å²) in [6.07, 6.45) is 3.46. The highest BCUT2D eigenvalue weighted by Crippen LogP contribution is 2.27. The molecule has 3 atom stereocenters. The SMILES string of the molecule is COCC(=O)Nc1ccc2c(c1)OC[C@@H](C)N(Cc1ccncc1)C[C@@H](C)[C@H](OC)CN(C)C2=O. The molecule has 0 spiro atoms. The molecule has 0 fully saturated rings. The minimum absolute atomic E-state index is 0.0509. The summed E-state index contributed by atoms with van der Waals surface area (Å²) >= 11 is 0. The highest BCUT2D eigenvalue weighted by Gasteiger charge is 2.28. The molecule has 1 aromatic carbocycles. The molecule has 2 amide bonds. The molecular weight excluding hydrogens is 448 g/mol. The molecule has 1 aromatic heterocycles. The zero-order valence-corrected chi connectivity index (χ0v) is 21.2. The predicted octanol–water partition coefficient (Wildman–Crippen LogP) is 2.67. The lowest BCUT2D eigenvalue weighted by Gasteiger charge is -2.36. The van der Waals surface area contributed by atoms with E-state index in [1.54, 1.807) is 49.7 Å². The van der Waals surface area contributed by atoms with Crippen LogP contribution < -0.4 is 10.1 Å². The van der Waals surface area contributed by atoms with E-state index in [0.717, 1.165) is 18.7 Å². The molecule has 0 saturated heterocycles. The fourth-order valence-electron chi connectivity index (χ4n) is 4.20. The summed E-state index contributed by atoms with van der Waals surface area (Å²) in [5.74, 6) is 0.163. The van der Waals surface area contributed by atoms with Crippen molar-refractivity contribution in [1.82, 2.24) is 14.8 Å². The molecule has 0 unspecified atom stereocenters. The number of hydrogen-bond donors (Lipinski definition) is 1. The first-order chi connectivity index (χ1) is 16.8. The number of anilines is 1. The number of nitrogens with one attached hydrogen (secondary N) is 1. The molecular formula is C26H36N4O5. The molecule has 2 aromatic rings. The van der Waals surface area contributed by atoms with E-state index in [4.69, 9.17) is 14.2 Å². The number of fused-ring (bicyclic) bond motifs is 1. The zero-order valence-electron chi connectivity index (χ0n) is 21.2. The lowest BCUT2D eigenvalue weighted by atomic mass is 10.0. The molecule has 35 heavy (non-hydrogen) atoms. The molecule has 2 heterocycles. The van der Waals surface area contributed by atoms with Crippen molar-refractivity contribution in [3.05, 3.63) is 53.9 Å². The lowest BCUT2D eigenvalue weighted by molar-refractivity contribution is -0.119. The summed E-state index contributed by atoms with van der Waals surface area (Å²) in [5.41, 5.74) is 2.14. The third-order valence-electron chi connectivity index (χ3n) is 6.27. The van der Waals surface area contributed by atoms with Crippen molar-refractivity contribution in [2.75, 3.05) is 52.9 Å². The molecule has 0 radical (unpaired) electrons. The van der Waals surface area contributed by atoms with Gasteiger partial charge in [-0.3, -0.25) is 19.5 Å². The van der Waals surface area contributed by atoms with Crippen LogP contribution in [-0.4, -0.2) is 86.3 Å². The topological polar surface area (TPSA) is 93.2 Å². The van der Waals surface area contributed by atoms with Gasteiger partial charge in [0.05, 0.1) is 11.7 Å². The van der Waals surface area contributed by atoms with E-state index >= 15 is 0 Å². The summed E-state index contributed by atoms with van der Waals surface area (Å²) in [4.78, 5) is 33.5. The van der Waals surface area contributed by atoms with E-state index in [-0.39, 0.29) is 36.5 Å². The number of amides is 2. The Labute approximate surface area is 207 Å². The van der Waals surface area contributed by atoms with Crippen LogP contribution in [0.15, 0.2) is 42.7 Å². The Morgan fingerprint density at radius 1 is 1.17 bits per heavy atom. The molecule has 0 saturated carbocycles. The Morgan fingerprint density at radius 2 is 1.91 bits per heavy atom. The van der Waals surface area contributed by atoms with Crippen LogP contribution in [0.4, 0.5) is 5.69 Å². The molecule has 0 aliphatic carbocycles. The minimum atomic E-state index is -0.280. The Morgan fingerprint density at radius 3 is 2.60 bits per heavy atom. The second-order valence-electron chi connectivity index (χ2n) is 9.07. The quantitative estimate of drug-likeness (QED) is 0.674. The smallest absolute Gasteiger partial charge is 0.257 e. The van der Waals surface area contributed by atoms with Crippen LogP contribution in [0.25, 0.3) is 0 Å². The van der Waals surface area contributed by atoms with Gasteiger partial charge in [0, 0.05) is 71.1 Å². The number of ether oxygens (including phenoxy) is 3. The van der Waals surface area contributed by atoms with Crippen molar-refractivity contribution in [2.45, 2.75) is 32.5 Å². The molecule has 1 aliphatic heterocycles. The summed E-state index contributed by atoms with van der Waals surface area (Å²) in [7, 11) is 4.92. The van der Waals surface area contributed by atoms with Gasteiger partial charge in [-0.25, -0.2) is 0 Å². The van der Waals surface area contributed by atoms with Crippen LogP contribution >= 0.6 is 0 Å². The average molecular weight is 485 g/mol. The molecule has 9 heteroatoms. The molecule has 3 rings (SSSR count). The second kappa shape index (κ2) is 12.6. The summed E-state index contributed by atoms with van der Waals surface area (Å²) in [6.45, 7) is 6.52. The first kappa shape index (κ1) is 26.6. The zero-order chi connectivity index (χ0) is 25.4. The van der Waals surface area contributed by atoms with Crippen LogP contribution in [0.2, 0.25) is 0 Å². The van der Waals surface area contributed by atoms with Crippen molar-refractivity contribution in [2.24, 2.45) is 5.92 Å². The van der Waals surface area contributed by atoms with Gasteiger partial charge < -0.3 is 24.4 Å². The van der Waals surface area contributed by atoms with Crippen molar-refractivity contribution in [3.63, 3.8) is 0 Å². The van der Waals surface area contributed by atoms with E-state index < -0.39 is 0 Å². The van der Waals surface area contributed by atoms with Crippen molar-refractivity contribution in [1.29, 1.82) is 0 Å². The van der Waals surface area contributed by atoms with Gasteiger partial charge in [-0.05, 0) is 42.7 Å². The standard InChI is InChI=1S/C26H36N4O5/c1-18-13-30(14-20-8-10-27-11-9-20)19(2)16-35-23-12-21(28-25(31)17-33-4)6-7-22(23)26(32)29(3)15-24(18)34-5/h6-12,18-19,24H,13-17H2,1-5H3,(H,28,31)/t18-,19-,24-/m1/s1. The number of rotatable bonds is 6. The average Bonchev–Trinajstić information content (AvgIpc) is 2.85. The highest BCUT2D eigenvalue weighted by atomic mass is 16.5. The van der Waals surface area contributed by atoms with Gasteiger partial charge in [0.25, 0.3) is 5.91 Å².